The fourth-order valence-corrected chi connectivity index (χ4v) is 2.49. The molecule has 22 heavy (non-hydrogen) atoms. The summed E-state index contributed by atoms with van der Waals surface area (Å²) >= 11 is 0. The molecule has 4 nitrogen and oxygen atoms in total. The molecular formula is C15H18F3N3O. The fourth-order valence-electron chi connectivity index (χ4n) is 2.49. The molecule has 0 bridgehead atoms. The Hall–Kier alpha value is -1.94. The number of nitrogens with one attached hydrogen (secondary N) is 1. The lowest BCUT2D eigenvalue weighted by Gasteiger charge is -2.40. The average molecular weight is 313 g/mol. The van der Waals surface area contributed by atoms with Crippen molar-refractivity contribution in [2.75, 3.05) is 30.9 Å². The van der Waals surface area contributed by atoms with Crippen LogP contribution in [0.3, 0.4) is 0 Å². The lowest BCUT2D eigenvalue weighted by Crippen LogP contribution is -2.48. The maximum atomic E-state index is 12.9. The van der Waals surface area contributed by atoms with Gasteiger partial charge in [-0.15, -0.1) is 0 Å². The van der Waals surface area contributed by atoms with Gasteiger partial charge in [-0.1, -0.05) is 0 Å². The predicted molar refractivity (Wildman–Crippen MR) is 77.5 cm³/mol. The van der Waals surface area contributed by atoms with Crippen molar-refractivity contribution >= 4 is 11.4 Å². The third-order valence-electron chi connectivity index (χ3n) is 3.82. The first-order valence-electron chi connectivity index (χ1n) is 6.88. The highest BCUT2D eigenvalue weighted by molar-refractivity contribution is 5.60. The summed E-state index contributed by atoms with van der Waals surface area (Å²) in [4.78, 5) is 1.59. The van der Waals surface area contributed by atoms with E-state index in [4.69, 9.17) is 5.26 Å². The first-order chi connectivity index (χ1) is 10.1. The second kappa shape index (κ2) is 5.69. The summed E-state index contributed by atoms with van der Waals surface area (Å²) in [6.45, 7) is 0.124. The lowest BCUT2D eigenvalue weighted by molar-refractivity contribution is -0.137. The van der Waals surface area contributed by atoms with Crippen molar-refractivity contribution in [2.24, 2.45) is 5.92 Å². The Labute approximate surface area is 127 Å². The SMILES string of the molecule is CN(C)c1cc(NCC2(O)CC(C#N)C2)cc(C(F)(F)F)c1. The number of nitriles is 1. The number of benzene rings is 1. The van der Waals surface area contributed by atoms with Gasteiger partial charge in [0, 0.05) is 32.0 Å². The lowest BCUT2D eigenvalue weighted by atomic mass is 9.71. The van der Waals surface area contributed by atoms with E-state index in [0.717, 1.165) is 12.1 Å². The standard InChI is InChI=1S/C15H18F3N3O/c1-21(2)13-4-11(15(16,17)18)3-12(5-13)20-9-14(22)6-10(7-14)8-19/h3-5,10,20,22H,6-7,9H2,1-2H3. The highest BCUT2D eigenvalue weighted by Gasteiger charge is 2.42. The van der Waals surface area contributed by atoms with Crippen LogP contribution >= 0.6 is 0 Å². The second-order valence-electron chi connectivity index (χ2n) is 5.97. The molecule has 0 saturated heterocycles. The molecule has 7 heteroatoms. The van der Waals surface area contributed by atoms with Crippen LogP contribution in [0.2, 0.25) is 0 Å². The van der Waals surface area contributed by atoms with Crippen LogP contribution in [0.15, 0.2) is 18.2 Å². The summed E-state index contributed by atoms with van der Waals surface area (Å²) in [5, 5.41) is 21.7. The zero-order valence-corrected chi connectivity index (χ0v) is 12.4. The molecular weight excluding hydrogens is 295 g/mol. The topological polar surface area (TPSA) is 59.3 Å². The summed E-state index contributed by atoms with van der Waals surface area (Å²) in [6, 6.07) is 5.76. The largest absolute Gasteiger partial charge is 0.416 e. The van der Waals surface area contributed by atoms with Crippen LogP contribution < -0.4 is 10.2 Å². The third-order valence-corrected chi connectivity index (χ3v) is 3.82. The molecule has 2 rings (SSSR count). The minimum atomic E-state index is -4.43. The van der Waals surface area contributed by atoms with E-state index in [1.165, 1.54) is 0 Å². The number of hydrogen-bond donors (Lipinski definition) is 2. The number of nitrogens with zero attached hydrogens (tertiary/aromatic N) is 2. The number of hydrogen-bond acceptors (Lipinski definition) is 4. The summed E-state index contributed by atoms with van der Waals surface area (Å²) in [6.07, 6.45) is -3.74. The van der Waals surface area contributed by atoms with Gasteiger partial charge in [-0.2, -0.15) is 18.4 Å². The van der Waals surface area contributed by atoms with Crippen molar-refractivity contribution in [3.63, 3.8) is 0 Å². The maximum absolute atomic E-state index is 12.9. The molecule has 1 aromatic carbocycles. The van der Waals surface area contributed by atoms with Crippen LogP contribution in [0.1, 0.15) is 18.4 Å². The number of aliphatic hydroxyl groups is 1. The van der Waals surface area contributed by atoms with Crippen LogP contribution in [0.5, 0.6) is 0 Å². The van der Waals surface area contributed by atoms with Gasteiger partial charge in [0.2, 0.25) is 0 Å². The van der Waals surface area contributed by atoms with Gasteiger partial charge in [-0.05, 0) is 31.0 Å². The average Bonchev–Trinajstić information content (AvgIpc) is 2.40. The minimum Gasteiger partial charge on any atom is -0.388 e. The van der Waals surface area contributed by atoms with E-state index in [-0.39, 0.29) is 12.5 Å². The van der Waals surface area contributed by atoms with E-state index < -0.39 is 17.3 Å². The van der Waals surface area contributed by atoms with Crippen LogP contribution in [-0.2, 0) is 6.18 Å². The Morgan fingerprint density at radius 1 is 1.36 bits per heavy atom. The molecule has 0 radical (unpaired) electrons. The Morgan fingerprint density at radius 3 is 2.50 bits per heavy atom. The molecule has 1 fully saturated rings. The van der Waals surface area contributed by atoms with E-state index in [1.54, 1.807) is 25.1 Å². The molecule has 0 aromatic heterocycles. The third kappa shape index (κ3) is 3.63. The Balaban J connectivity index is 2.14. The van der Waals surface area contributed by atoms with Crippen LogP contribution in [0.25, 0.3) is 0 Å². The molecule has 1 aliphatic carbocycles. The van der Waals surface area contributed by atoms with Crippen LogP contribution in [-0.4, -0.2) is 31.3 Å². The highest BCUT2D eigenvalue weighted by atomic mass is 19.4. The number of alkyl halides is 3. The summed E-state index contributed by atoms with van der Waals surface area (Å²) in [5.74, 6) is -0.175. The summed E-state index contributed by atoms with van der Waals surface area (Å²) < 4.78 is 38.8. The Kier molecular flexibility index (Phi) is 4.25. The molecule has 1 aliphatic rings. The van der Waals surface area contributed by atoms with Gasteiger partial charge in [0.1, 0.15) is 0 Å². The van der Waals surface area contributed by atoms with Gasteiger partial charge in [-0.3, -0.25) is 0 Å². The van der Waals surface area contributed by atoms with E-state index in [0.29, 0.717) is 24.2 Å². The maximum Gasteiger partial charge on any atom is 0.416 e. The molecule has 1 saturated carbocycles. The van der Waals surface area contributed by atoms with Crippen molar-refractivity contribution in [1.82, 2.24) is 0 Å². The zero-order chi connectivity index (χ0) is 16.5. The molecule has 1 aromatic rings. The quantitative estimate of drug-likeness (QED) is 0.897. The molecule has 0 unspecified atom stereocenters. The Morgan fingerprint density at radius 2 is 2.00 bits per heavy atom. The number of halogens is 3. The first-order valence-corrected chi connectivity index (χ1v) is 6.88. The first kappa shape index (κ1) is 16.4. The van der Waals surface area contributed by atoms with Crippen LogP contribution in [0, 0.1) is 17.2 Å². The van der Waals surface area contributed by atoms with Gasteiger partial charge >= 0.3 is 6.18 Å². The van der Waals surface area contributed by atoms with E-state index in [2.05, 4.69) is 11.4 Å². The minimum absolute atomic E-state index is 0.124. The van der Waals surface area contributed by atoms with Crippen molar-refractivity contribution in [1.29, 1.82) is 5.26 Å². The van der Waals surface area contributed by atoms with Gasteiger partial charge in [0.25, 0.3) is 0 Å². The highest BCUT2D eigenvalue weighted by Crippen LogP contribution is 2.38. The Bertz CT molecular complexity index is 587. The van der Waals surface area contributed by atoms with E-state index in [9.17, 15) is 18.3 Å². The van der Waals surface area contributed by atoms with E-state index >= 15 is 0 Å². The molecule has 0 heterocycles. The fraction of sp³-hybridized carbons (Fsp3) is 0.533. The second-order valence-corrected chi connectivity index (χ2v) is 5.97. The molecule has 0 aliphatic heterocycles. The van der Waals surface area contributed by atoms with Gasteiger partial charge < -0.3 is 15.3 Å². The van der Waals surface area contributed by atoms with Crippen molar-refractivity contribution < 1.29 is 18.3 Å². The van der Waals surface area contributed by atoms with Gasteiger partial charge in [0.15, 0.2) is 0 Å². The predicted octanol–water partition coefficient (Wildman–Crippen LogP) is 2.85. The normalized spacial score (nSPS) is 24.3. The summed E-state index contributed by atoms with van der Waals surface area (Å²) in [5.41, 5.74) is -1.04. The summed E-state index contributed by atoms with van der Waals surface area (Å²) in [7, 11) is 3.33. The van der Waals surface area contributed by atoms with Gasteiger partial charge in [-0.25, -0.2) is 0 Å². The van der Waals surface area contributed by atoms with Crippen LogP contribution in [0.4, 0.5) is 24.5 Å². The monoisotopic (exact) mass is 313 g/mol. The van der Waals surface area contributed by atoms with Crippen molar-refractivity contribution in [3.8, 4) is 6.07 Å². The molecule has 0 atom stereocenters. The zero-order valence-electron chi connectivity index (χ0n) is 12.4. The molecule has 0 spiro atoms. The smallest absolute Gasteiger partial charge is 0.388 e. The van der Waals surface area contributed by atoms with Gasteiger partial charge in [0.05, 0.1) is 23.2 Å². The molecule has 120 valence electrons. The molecule has 0 amide bonds. The number of rotatable bonds is 4. The number of anilines is 2. The van der Waals surface area contributed by atoms with Crippen molar-refractivity contribution in [2.45, 2.75) is 24.6 Å². The van der Waals surface area contributed by atoms with E-state index in [1.807, 2.05) is 0 Å². The van der Waals surface area contributed by atoms with Crippen molar-refractivity contribution in [3.05, 3.63) is 23.8 Å². The molecule has 2 N–H and O–H groups in total.